The van der Waals surface area contributed by atoms with E-state index in [-0.39, 0.29) is 29.9 Å². The Labute approximate surface area is 165 Å². The molecular formula is C19H17N5O5. The smallest absolute Gasteiger partial charge is 0.338 e. The standard InChI is InChI=1S/C19H17N5O5/c1-11(25)21-15-6-14(7-16(8-15)22-12(2)26)19(27)28-10-17-23-18(24-29-17)13-4-3-5-20-9-13/h3-9H,10H2,1-2H3,(H,21,25)(H,22,26). The minimum Gasteiger partial charge on any atom is -0.452 e. The zero-order valence-electron chi connectivity index (χ0n) is 15.6. The summed E-state index contributed by atoms with van der Waals surface area (Å²) in [6, 6.07) is 7.90. The molecule has 0 bridgehead atoms. The predicted octanol–water partition coefficient (Wildman–Crippen LogP) is 2.41. The molecule has 2 aromatic heterocycles. The highest BCUT2D eigenvalue weighted by atomic mass is 16.6. The first-order chi connectivity index (χ1) is 13.9. The molecule has 0 saturated heterocycles. The number of anilines is 2. The van der Waals surface area contributed by atoms with Gasteiger partial charge >= 0.3 is 5.97 Å². The van der Waals surface area contributed by atoms with Crippen LogP contribution >= 0.6 is 0 Å². The van der Waals surface area contributed by atoms with Crippen molar-refractivity contribution in [2.24, 2.45) is 0 Å². The number of carbonyl (C=O) groups excluding carboxylic acids is 3. The molecule has 0 fully saturated rings. The van der Waals surface area contributed by atoms with Crippen molar-refractivity contribution in [1.82, 2.24) is 15.1 Å². The number of aromatic nitrogens is 3. The number of hydrogen-bond donors (Lipinski definition) is 2. The van der Waals surface area contributed by atoms with Crippen LogP contribution in [0.3, 0.4) is 0 Å². The summed E-state index contributed by atoms with van der Waals surface area (Å²) < 4.78 is 10.3. The summed E-state index contributed by atoms with van der Waals surface area (Å²) in [6.07, 6.45) is 3.20. The Morgan fingerprint density at radius 1 is 1.07 bits per heavy atom. The summed E-state index contributed by atoms with van der Waals surface area (Å²) in [4.78, 5) is 43.2. The summed E-state index contributed by atoms with van der Waals surface area (Å²) in [6.45, 7) is 2.42. The molecule has 29 heavy (non-hydrogen) atoms. The van der Waals surface area contributed by atoms with Crippen LogP contribution in [0.15, 0.2) is 47.2 Å². The molecule has 0 unspecified atom stereocenters. The van der Waals surface area contributed by atoms with E-state index in [2.05, 4.69) is 25.8 Å². The summed E-state index contributed by atoms with van der Waals surface area (Å²) in [5.41, 5.74) is 1.48. The second-order valence-corrected chi connectivity index (χ2v) is 5.99. The third-order valence-electron chi connectivity index (χ3n) is 3.52. The maximum absolute atomic E-state index is 12.4. The van der Waals surface area contributed by atoms with Crippen LogP contribution in [0.4, 0.5) is 11.4 Å². The van der Waals surface area contributed by atoms with Crippen LogP contribution in [0, 0.1) is 0 Å². The lowest BCUT2D eigenvalue weighted by Crippen LogP contribution is -2.12. The topological polar surface area (TPSA) is 136 Å². The Hall–Kier alpha value is -4.08. The van der Waals surface area contributed by atoms with Crippen LogP contribution in [-0.2, 0) is 20.9 Å². The van der Waals surface area contributed by atoms with E-state index in [4.69, 9.17) is 9.26 Å². The van der Waals surface area contributed by atoms with Crippen molar-refractivity contribution in [3.05, 3.63) is 54.2 Å². The lowest BCUT2D eigenvalue weighted by atomic mass is 10.1. The van der Waals surface area contributed by atoms with Gasteiger partial charge in [0.2, 0.25) is 17.6 Å². The zero-order chi connectivity index (χ0) is 20.8. The third kappa shape index (κ3) is 5.45. The fourth-order valence-corrected chi connectivity index (χ4v) is 2.43. The van der Waals surface area contributed by atoms with E-state index in [1.54, 1.807) is 24.5 Å². The molecule has 148 valence electrons. The summed E-state index contributed by atoms with van der Waals surface area (Å²) in [7, 11) is 0. The first-order valence-electron chi connectivity index (χ1n) is 8.51. The molecule has 0 aliphatic carbocycles. The lowest BCUT2D eigenvalue weighted by Gasteiger charge is -2.10. The van der Waals surface area contributed by atoms with Crippen molar-refractivity contribution >= 4 is 29.2 Å². The SMILES string of the molecule is CC(=O)Nc1cc(NC(C)=O)cc(C(=O)OCc2nc(-c3cccnc3)no2)c1. The highest BCUT2D eigenvalue weighted by Crippen LogP contribution is 2.21. The Morgan fingerprint density at radius 3 is 2.34 bits per heavy atom. The van der Waals surface area contributed by atoms with Gasteiger partial charge in [-0.1, -0.05) is 5.16 Å². The number of amides is 2. The van der Waals surface area contributed by atoms with Crippen LogP contribution in [0.5, 0.6) is 0 Å². The van der Waals surface area contributed by atoms with Gasteiger partial charge < -0.3 is 19.9 Å². The lowest BCUT2D eigenvalue weighted by molar-refractivity contribution is -0.115. The number of rotatable bonds is 6. The Balaban J connectivity index is 1.72. The van der Waals surface area contributed by atoms with Gasteiger partial charge in [-0.25, -0.2) is 4.79 Å². The van der Waals surface area contributed by atoms with Gasteiger partial charge in [0.05, 0.1) is 5.56 Å². The summed E-state index contributed by atoms with van der Waals surface area (Å²) >= 11 is 0. The van der Waals surface area contributed by atoms with E-state index in [9.17, 15) is 14.4 Å². The summed E-state index contributed by atoms with van der Waals surface area (Å²) in [5.74, 6) is -0.900. The van der Waals surface area contributed by atoms with Crippen molar-refractivity contribution in [3.63, 3.8) is 0 Å². The molecule has 2 amide bonds. The second-order valence-electron chi connectivity index (χ2n) is 5.99. The van der Waals surface area contributed by atoms with Crippen molar-refractivity contribution < 1.29 is 23.6 Å². The zero-order valence-corrected chi connectivity index (χ0v) is 15.6. The van der Waals surface area contributed by atoms with E-state index in [0.717, 1.165) is 0 Å². The second kappa shape index (κ2) is 8.74. The van der Waals surface area contributed by atoms with Crippen LogP contribution < -0.4 is 10.6 Å². The van der Waals surface area contributed by atoms with E-state index >= 15 is 0 Å². The average molecular weight is 395 g/mol. The molecule has 0 saturated carbocycles. The number of nitrogens with zero attached hydrogens (tertiary/aromatic N) is 3. The fraction of sp³-hybridized carbons (Fsp3) is 0.158. The van der Waals surface area contributed by atoms with Gasteiger partial charge in [-0.15, -0.1) is 0 Å². The number of benzene rings is 1. The van der Waals surface area contributed by atoms with E-state index in [0.29, 0.717) is 22.8 Å². The normalized spacial score (nSPS) is 10.3. The number of hydrogen-bond acceptors (Lipinski definition) is 8. The van der Waals surface area contributed by atoms with Gasteiger partial charge in [-0.2, -0.15) is 4.98 Å². The van der Waals surface area contributed by atoms with Crippen LogP contribution in [0.25, 0.3) is 11.4 Å². The molecule has 3 rings (SSSR count). The number of nitrogens with one attached hydrogen (secondary N) is 2. The van der Waals surface area contributed by atoms with Crippen molar-refractivity contribution in [2.45, 2.75) is 20.5 Å². The quantitative estimate of drug-likeness (QED) is 0.607. The van der Waals surface area contributed by atoms with Crippen LogP contribution in [-0.4, -0.2) is 32.9 Å². The van der Waals surface area contributed by atoms with Crippen LogP contribution in [0.2, 0.25) is 0 Å². The number of pyridine rings is 1. The molecular weight excluding hydrogens is 378 g/mol. The fourth-order valence-electron chi connectivity index (χ4n) is 2.43. The van der Waals surface area contributed by atoms with E-state index in [1.807, 2.05) is 0 Å². The van der Waals surface area contributed by atoms with Gasteiger partial charge in [-0.05, 0) is 30.3 Å². The maximum atomic E-state index is 12.4. The number of esters is 1. The van der Waals surface area contributed by atoms with Gasteiger partial charge in [0.1, 0.15) is 0 Å². The molecule has 0 aliphatic rings. The molecule has 1 aromatic carbocycles. The molecule has 10 nitrogen and oxygen atoms in total. The number of carbonyl (C=O) groups is 3. The van der Waals surface area contributed by atoms with Crippen molar-refractivity contribution in [3.8, 4) is 11.4 Å². The molecule has 0 aliphatic heterocycles. The molecule has 0 atom stereocenters. The van der Waals surface area contributed by atoms with E-state index in [1.165, 1.54) is 32.0 Å². The highest BCUT2D eigenvalue weighted by molar-refractivity contribution is 5.97. The Bertz CT molecular complexity index is 1010. The molecule has 2 heterocycles. The minimum atomic E-state index is -0.690. The first-order valence-corrected chi connectivity index (χ1v) is 8.51. The molecule has 10 heteroatoms. The third-order valence-corrected chi connectivity index (χ3v) is 3.52. The molecule has 0 radical (unpaired) electrons. The van der Waals surface area contributed by atoms with Gasteiger partial charge in [-0.3, -0.25) is 14.6 Å². The Morgan fingerprint density at radius 2 is 1.76 bits per heavy atom. The van der Waals surface area contributed by atoms with Crippen molar-refractivity contribution in [2.75, 3.05) is 10.6 Å². The van der Waals surface area contributed by atoms with E-state index < -0.39 is 5.97 Å². The average Bonchev–Trinajstić information content (AvgIpc) is 3.14. The first kappa shape index (κ1) is 19.7. The minimum absolute atomic E-state index is 0.109. The molecule has 2 N–H and O–H groups in total. The largest absolute Gasteiger partial charge is 0.452 e. The van der Waals surface area contributed by atoms with Crippen LogP contribution in [0.1, 0.15) is 30.1 Å². The Kier molecular flexibility index (Phi) is 5.93. The highest BCUT2D eigenvalue weighted by Gasteiger charge is 2.15. The van der Waals surface area contributed by atoms with Gasteiger partial charge in [0.25, 0.3) is 5.89 Å². The molecule has 3 aromatic rings. The monoisotopic (exact) mass is 395 g/mol. The predicted molar refractivity (Wildman–Crippen MR) is 102 cm³/mol. The maximum Gasteiger partial charge on any atom is 0.338 e. The molecule has 0 spiro atoms. The number of ether oxygens (including phenoxy) is 1. The van der Waals surface area contributed by atoms with Gasteiger partial charge in [0, 0.05) is 43.2 Å². The van der Waals surface area contributed by atoms with Gasteiger partial charge in [0.15, 0.2) is 6.61 Å². The van der Waals surface area contributed by atoms with Crippen molar-refractivity contribution in [1.29, 1.82) is 0 Å². The summed E-state index contributed by atoms with van der Waals surface area (Å²) in [5, 5.41) is 8.95.